The van der Waals surface area contributed by atoms with Crippen LogP contribution in [0.1, 0.15) is 31.2 Å². The van der Waals surface area contributed by atoms with Crippen molar-refractivity contribution >= 4 is 5.78 Å². The van der Waals surface area contributed by atoms with Gasteiger partial charge >= 0.3 is 0 Å². The number of carbonyl (C=O) groups is 1. The molecule has 2 unspecified atom stereocenters. The Labute approximate surface area is 96.1 Å². The van der Waals surface area contributed by atoms with Crippen LogP contribution in [0.15, 0.2) is 30.3 Å². The third-order valence-corrected chi connectivity index (χ3v) is 3.88. The Morgan fingerprint density at radius 2 is 2.12 bits per heavy atom. The van der Waals surface area contributed by atoms with Gasteiger partial charge in [-0.15, -0.1) is 0 Å². The van der Waals surface area contributed by atoms with Crippen molar-refractivity contribution in [2.75, 3.05) is 0 Å². The predicted molar refractivity (Wildman–Crippen MR) is 63.3 cm³/mol. The summed E-state index contributed by atoms with van der Waals surface area (Å²) >= 11 is 0. The van der Waals surface area contributed by atoms with Gasteiger partial charge in [0.1, 0.15) is 5.78 Å². The Kier molecular flexibility index (Phi) is 2.32. The highest BCUT2D eigenvalue weighted by Crippen LogP contribution is 2.36. The van der Waals surface area contributed by atoms with E-state index in [2.05, 4.69) is 29.6 Å². The Hall–Kier alpha value is -1.15. The first-order valence-corrected chi connectivity index (χ1v) is 6.09. The standard InChI is InChI=1S/C14H17NO/c16-13-8-12-6-7-14(10-13,15-12)9-11-4-2-1-3-5-11/h1-5,12,15H,6-10H2. The van der Waals surface area contributed by atoms with Crippen molar-refractivity contribution in [3.63, 3.8) is 0 Å². The number of hydrogen-bond acceptors (Lipinski definition) is 2. The smallest absolute Gasteiger partial charge is 0.136 e. The molecule has 0 radical (unpaired) electrons. The van der Waals surface area contributed by atoms with E-state index in [1.54, 1.807) is 0 Å². The molecule has 1 aromatic carbocycles. The average Bonchev–Trinajstić information content (AvgIpc) is 2.55. The van der Waals surface area contributed by atoms with Gasteiger partial charge in [-0.05, 0) is 24.8 Å². The number of carbonyl (C=O) groups excluding carboxylic acids is 1. The fraction of sp³-hybridized carbons (Fsp3) is 0.500. The largest absolute Gasteiger partial charge is 0.307 e. The van der Waals surface area contributed by atoms with Crippen LogP contribution in [0.25, 0.3) is 0 Å². The zero-order valence-corrected chi connectivity index (χ0v) is 9.41. The molecule has 2 aliphatic rings. The fourth-order valence-corrected chi connectivity index (χ4v) is 3.23. The highest BCUT2D eigenvalue weighted by Gasteiger charge is 2.44. The van der Waals surface area contributed by atoms with Crippen LogP contribution < -0.4 is 5.32 Å². The zero-order chi connectivity index (χ0) is 11.0. The average molecular weight is 215 g/mol. The second kappa shape index (κ2) is 3.70. The van der Waals surface area contributed by atoms with Crippen LogP contribution in [0.2, 0.25) is 0 Å². The van der Waals surface area contributed by atoms with Crippen molar-refractivity contribution in [3.8, 4) is 0 Å². The van der Waals surface area contributed by atoms with Gasteiger partial charge in [0.25, 0.3) is 0 Å². The molecule has 1 N–H and O–H groups in total. The maximum atomic E-state index is 11.7. The van der Waals surface area contributed by atoms with Crippen LogP contribution in [0.3, 0.4) is 0 Å². The molecule has 2 heteroatoms. The van der Waals surface area contributed by atoms with E-state index in [4.69, 9.17) is 0 Å². The molecule has 84 valence electrons. The van der Waals surface area contributed by atoms with Gasteiger partial charge < -0.3 is 5.32 Å². The third-order valence-electron chi connectivity index (χ3n) is 3.88. The Bertz CT molecular complexity index is 400. The Balaban J connectivity index is 1.81. The van der Waals surface area contributed by atoms with E-state index < -0.39 is 0 Å². The second-order valence-corrected chi connectivity index (χ2v) is 5.24. The van der Waals surface area contributed by atoms with Crippen LogP contribution in [0.4, 0.5) is 0 Å². The van der Waals surface area contributed by atoms with Gasteiger partial charge in [-0.1, -0.05) is 30.3 Å². The number of ketones is 1. The van der Waals surface area contributed by atoms with E-state index in [-0.39, 0.29) is 5.54 Å². The van der Waals surface area contributed by atoms with Crippen molar-refractivity contribution in [2.45, 2.75) is 43.7 Å². The van der Waals surface area contributed by atoms with Crippen molar-refractivity contribution < 1.29 is 4.79 Å². The second-order valence-electron chi connectivity index (χ2n) is 5.24. The minimum absolute atomic E-state index is 0.0708. The minimum Gasteiger partial charge on any atom is -0.307 e. The normalized spacial score (nSPS) is 33.0. The van der Waals surface area contributed by atoms with Gasteiger partial charge in [-0.2, -0.15) is 0 Å². The molecule has 0 saturated carbocycles. The van der Waals surface area contributed by atoms with Gasteiger partial charge in [-0.3, -0.25) is 4.79 Å². The molecule has 0 amide bonds. The first-order chi connectivity index (χ1) is 7.76. The number of nitrogens with one attached hydrogen (secondary N) is 1. The zero-order valence-electron chi connectivity index (χ0n) is 9.41. The van der Waals surface area contributed by atoms with E-state index in [9.17, 15) is 4.79 Å². The highest BCUT2D eigenvalue weighted by atomic mass is 16.1. The summed E-state index contributed by atoms with van der Waals surface area (Å²) in [4.78, 5) is 11.7. The molecule has 0 spiro atoms. The molecule has 2 bridgehead atoms. The van der Waals surface area contributed by atoms with Gasteiger partial charge in [0.05, 0.1) is 0 Å². The van der Waals surface area contributed by atoms with Crippen molar-refractivity contribution in [1.82, 2.24) is 5.32 Å². The molecule has 2 atom stereocenters. The molecular weight excluding hydrogens is 198 g/mol. The first kappa shape index (κ1) is 10.0. The lowest BCUT2D eigenvalue weighted by Gasteiger charge is -2.34. The van der Waals surface area contributed by atoms with E-state index >= 15 is 0 Å². The van der Waals surface area contributed by atoms with Gasteiger partial charge in [0.15, 0.2) is 0 Å². The molecule has 16 heavy (non-hydrogen) atoms. The molecule has 3 rings (SSSR count). The highest BCUT2D eigenvalue weighted by molar-refractivity contribution is 5.81. The molecule has 1 aromatic rings. The Morgan fingerprint density at radius 3 is 2.94 bits per heavy atom. The summed E-state index contributed by atoms with van der Waals surface area (Å²) in [6.45, 7) is 0. The summed E-state index contributed by atoms with van der Waals surface area (Å²) in [7, 11) is 0. The number of Topliss-reactive ketones (excluding diaryl/α,β-unsaturated/α-hetero) is 1. The van der Waals surface area contributed by atoms with Crippen LogP contribution >= 0.6 is 0 Å². The molecule has 0 aromatic heterocycles. The van der Waals surface area contributed by atoms with E-state index in [0.29, 0.717) is 11.8 Å². The van der Waals surface area contributed by atoms with E-state index in [0.717, 1.165) is 25.7 Å². The summed E-state index contributed by atoms with van der Waals surface area (Å²) in [6.07, 6.45) is 4.78. The van der Waals surface area contributed by atoms with Crippen LogP contribution in [0, 0.1) is 0 Å². The van der Waals surface area contributed by atoms with Gasteiger partial charge in [-0.25, -0.2) is 0 Å². The topological polar surface area (TPSA) is 29.1 Å². The van der Waals surface area contributed by atoms with Crippen molar-refractivity contribution in [3.05, 3.63) is 35.9 Å². The minimum atomic E-state index is 0.0708. The lowest BCUT2D eigenvalue weighted by atomic mass is 9.84. The summed E-state index contributed by atoms with van der Waals surface area (Å²) in [5.74, 6) is 0.442. The molecule has 2 aliphatic heterocycles. The number of piperidine rings is 1. The van der Waals surface area contributed by atoms with E-state index in [1.165, 1.54) is 12.0 Å². The number of hydrogen-bond donors (Lipinski definition) is 1. The first-order valence-electron chi connectivity index (χ1n) is 6.09. The number of benzene rings is 1. The summed E-state index contributed by atoms with van der Waals surface area (Å²) < 4.78 is 0. The SMILES string of the molecule is O=C1CC2CCC(Cc3ccccc3)(C1)N2. The van der Waals surface area contributed by atoms with Crippen LogP contribution in [0.5, 0.6) is 0 Å². The summed E-state index contributed by atoms with van der Waals surface area (Å²) in [5, 5.41) is 3.66. The van der Waals surface area contributed by atoms with Gasteiger partial charge in [0.2, 0.25) is 0 Å². The lowest BCUT2D eigenvalue weighted by Crippen LogP contribution is -2.51. The molecule has 2 fully saturated rings. The van der Waals surface area contributed by atoms with Crippen LogP contribution in [-0.2, 0) is 11.2 Å². The van der Waals surface area contributed by atoms with Crippen molar-refractivity contribution in [2.24, 2.45) is 0 Å². The molecule has 2 nitrogen and oxygen atoms in total. The fourth-order valence-electron chi connectivity index (χ4n) is 3.23. The summed E-state index contributed by atoms with van der Waals surface area (Å²) in [6, 6.07) is 10.9. The maximum absolute atomic E-state index is 11.7. The maximum Gasteiger partial charge on any atom is 0.136 e. The lowest BCUT2D eigenvalue weighted by molar-refractivity contribution is -0.122. The molecule has 2 saturated heterocycles. The van der Waals surface area contributed by atoms with E-state index in [1.807, 2.05) is 6.07 Å². The predicted octanol–water partition coefficient (Wildman–Crippen LogP) is 2.08. The van der Waals surface area contributed by atoms with Crippen molar-refractivity contribution in [1.29, 1.82) is 0 Å². The van der Waals surface area contributed by atoms with Crippen LogP contribution in [-0.4, -0.2) is 17.4 Å². The summed E-state index contributed by atoms with van der Waals surface area (Å²) in [5.41, 5.74) is 1.41. The number of rotatable bonds is 2. The number of fused-ring (bicyclic) bond motifs is 2. The molecule has 0 aliphatic carbocycles. The quantitative estimate of drug-likeness (QED) is 0.818. The van der Waals surface area contributed by atoms with Gasteiger partial charge in [0, 0.05) is 24.4 Å². The monoisotopic (exact) mass is 215 g/mol. The Morgan fingerprint density at radius 1 is 1.31 bits per heavy atom. The molecule has 2 heterocycles. The third kappa shape index (κ3) is 1.78. The molecular formula is C14H17NO.